The first-order valence-electron chi connectivity index (χ1n) is 14.2. The van der Waals surface area contributed by atoms with Crippen LogP contribution in [0.5, 0.6) is 0 Å². The maximum absolute atomic E-state index is 13.7. The highest BCUT2D eigenvalue weighted by atomic mass is 16.6. The van der Waals surface area contributed by atoms with Gasteiger partial charge in [0, 0.05) is 6.42 Å². The number of rotatable bonds is 6. The van der Waals surface area contributed by atoms with Gasteiger partial charge in [0.2, 0.25) is 0 Å². The van der Waals surface area contributed by atoms with E-state index < -0.39 is 11.9 Å². The Morgan fingerprint density at radius 1 is 0.714 bits per heavy atom. The zero-order chi connectivity index (χ0) is 25.4. The van der Waals surface area contributed by atoms with Gasteiger partial charge < -0.3 is 9.47 Å². The Morgan fingerprint density at radius 3 is 1.66 bits per heavy atom. The van der Waals surface area contributed by atoms with E-state index >= 15 is 0 Å². The summed E-state index contributed by atoms with van der Waals surface area (Å²) in [5.41, 5.74) is 0.782. The van der Waals surface area contributed by atoms with Gasteiger partial charge in [0.25, 0.3) is 0 Å². The summed E-state index contributed by atoms with van der Waals surface area (Å²) in [4.78, 5) is 40.2. The molecule has 0 aromatic heterocycles. The molecule has 0 aliphatic heterocycles. The van der Waals surface area contributed by atoms with Gasteiger partial charge in [-0.05, 0) is 80.0 Å². The average Bonchev–Trinajstić information content (AvgIpc) is 2.78. The van der Waals surface area contributed by atoms with E-state index in [1.165, 1.54) is 0 Å². The Kier molecular flexibility index (Phi) is 8.12. The van der Waals surface area contributed by atoms with Gasteiger partial charge in [0.1, 0.15) is 18.0 Å². The van der Waals surface area contributed by atoms with Crippen LogP contribution in [-0.4, -0.2) is 29.9 Å². The van der Waals surface area contributed by atoms with Crippen LogP contribution in [0.3, 0.4) is 0 Å². The van der Waals surface area contributed by atoms with Crippen LogP contribution in [0.2, 0.25) is 0 Å². The van der Waals surface area contributed by atoms with E-state index in [0.29, 0.717) is 59.5 Å². The van der Waals surface area contributed by atoms with Gasteiger partial charge in [0.05, 0.1) is 17.1 Å². The van der Waals surface area contributed by atoms with Crippen LogP contribution >= 0.6 is 0 Å². The molecule has 5 aliphatic carbocycles. The highest BCUT2D eigenvalue weighted by molar-refractivity contribution is 6.08. The summed E-state index contributed by atoms with van der Waals surface area (Å²) < 4.78 is 12.4. The summed E-state index contributed by atoms with van der Waals surface area (Å²) in [5.74, 6) is 1.07. The van der Waals surface area contributed by atoms with Crippen molar-refractivity contribution >= 4 is 17.7 Å². The minimum Gasteiger partial charge on any atom is -0.459 e. The molecule has 2 unspecified atom stereocenters. The van der Waals surface area contributed by atoms with Gasteiger partial charge in [-0.2, -0.15) is 0 Å². The Bertz CT molecular complexity index is 855. The molecule has 0 spiro atoms. The van der Waals surface area contributed by atoms with Crippen molar-refractivity contribution in [1.29, 1.82) is 0 Å². The number of carbonyl (C=O) groups is 3. The number of ketones is 1. The van der Waals surface area contributed by atoms with Crippen LogP contribution in [0.15, 0.2) is 11.1 Å². The van der Waals surface area contributed by atoms with E-state index in [1.54, 1.807) is 0 Å². The summed E-state index contributed by atoms with van der Waals surface area (Å²) in [5, 5.41) is 0. The first kappa shape index (κ1) is 26.4. The van der Waals surface area contributed by atoms with Gasteiger partial charge in [-0.15, -0.1) is 0 Å². The van der Waals surface area contributed by atoms with Crippen LogP contribution < -0.4 is 0 Å². The summed E-state index contributed by atoms with van der Waals surface area (Å²) >= 11 is 0. The Hall–Kier alpha value is -1.65. The maximum atomic E-state index is 13.7. The lowest BCUT2D eigenvalue weighted by molar-refractivity contribution is -0.157. The van der Waals surface area contributed by atoms with Crippen molar-refractivity contribution in [3.8, 4) is 0 Å². The van der Waals surface area contributed by atoms with Crippen LogP contribution in [-0.2, 0) is 23.9 Å². The zero-order valence-corrected chi connectivity index (χ0v) is 22.7. The number of fused-ring (bicyclic) bond motifs is 2. The number of hydrogen-bond acceptors (Lipinski definition) is 5. The second-order valence-corrected chi connectivity index (χ2v) is 12.9. The standard InChI is InChI=1S/C30H46O5/c1-16(2)21-10-7-18(5)13-25(21)34-29(32)27-20-9-12-23(24(31)15-20)28(27)30(33)35-26-14-19(6)8-11-22(26)17(3)4/h16-23,25-26H,7-15H2,1-6H3/t18-,19-,20?,21+,22+,23?,25-,26-/m1/s1. The minimum absolute atomic E-state index is 0.0773. The van der Waals surface area contributed by atoms with Crippen LogP contribution in [0.4, 0.5) is 0 Å². The van der Waals surface area contributed by atoms with E-state index in [9.17, 15) is 14.4 Å². The zero-order valence-electron chi connectivity index (χ0n) is 22.7. The fourth-order valence-electron chi connectivity index (χ4n) is 7.41. The molecule has 0 amide bonds. The Morgan fingerprint density at radius 2 is 1.20 bits per heavy atom. The smallest absolute Gasteiger partial charge is 0.335 e. The molecule has 196 valence electrons. The Balaban J connectivity index is 1.60. The van der Waals surface area contributed by atoms with Crippen LogP contribution in [0.25, 0.3) is 0 Å². The second kappa shape index (κ2) is 10.8. The van der Waals surface area contributed by atoms with E-state index in [4.69, 9.17) is 9.47 Å². The fraction of sp³-hybridized carbons (Fsp3) is 0.833. The lowest BCUT2D eigenvalue weighted by Gasteiger charge is -2.41. The van der Waals surface area contributed by atoms with Crippen molar-refractivity contribution in [2.24, 2.45) is 47.3 Å². The second-order valence-electron chi connectivity index (χ2n) is 12.9. The molecule has 35 heavy (non-hydrogen) atoms. The summed E-state index contributed by atoms with van der Waals surface area (Å²) in [6.45, 7) is 13.2. The Labute approximate surface area is 211 Å². The highest BCUT2D eigenvalue weighted by Gasteiger charge is 2.48. The van der Waals surface area contributed by atoms with Gasteiger partial charge in [0.15, 0.2) is 0 Å². The predicted molar refractivity (Wildman–Crippen MR) is 135 cm³/mol. The fourth-order valence-corrected chi connectivity index (χ4v) is 7.41. The van der Waals surface area contributed by atoms with E-state index in [0.717, 1.165) is 44.9 Å². The van der Waals surface area contributed by atoms with Crippen LogP contribution in [0.1, 0.15) is 99.3 Å². The molecule has 0 aromatic rings. The number of carbonyl (C=O) groups excluding carboxylic acids is 3. The summed E-state index contributed by atoms with van der Waals surface area (Å²) in [7, 11) is 0. The van der Waals surface area contributed by atoms with Gasteiger partial charge in [-0.3, -0.25) is 4.79 Å². The molecule has 5 rings (SSSR count). The van der Waals surface area contributed by atoms with Gasteiger partial charge >= 0.3 is 11.9 Å². The highest BCUT2D eigenvalue weighted by Crippen LogP contribution is 2.46. The van der Waals surface area contributed by atoms with Gasteiger partial charge in [-0.25, -0.2) is 9.59 Å². The maximum Gasteiger partial charge on any atom is 0.335 e. The summed E-state index contributed by atoms with van der Waals surface area (Å²) in [6, 6.07) is 0. The van der Waals surface area contributed by atoms with Crippen molar-refractivity contribution in [2.45, 2.75) is 112 Å². The molecule has 0 radical (unpaired) electrons. The van der Waals surface area contributed by atoms with Crippen molar-refractivity contribution in [1.82, 2.24) is 0 Å². The van der Waals surface area contributed by atoms with Crippen molar-refractivity contribution < 1.29 is 23.9 Å². The molecule has 8 atom stereocenters. The lowest BCUT2D eigenvalue weighted by Crippen LogP contribution is -2.44. The molecule has 0 N–H and O–H groups in total. The molecule has 3 fully saturated rings. The van der Waals surface area contributed by atoms with Crippen molar-refractivity contribution in [3.63, 3.8) is 0 Å². The average molecular weight is 487 g/mol. The monoisotopic (exact) mass is 486 g/mol. The van der Waals surface area contributed by atoms with E-state index in [1.807, 2.05) is 0 Å². The molecule has 3 saturated carbocycles. The topological polar surface area (TPSA) is 69.7 Å². The van der Waals surface area contributed by atoms with Gasteiger partial charge in [-0.1, -0.05) is 54.4 Å². The van der Waals surface area contributed by atoms with E-state index in [-0.39, 0.29) is 29.9 Å². The van der Waals surface area contributed by atoms with E-state index in [2.05, 4.69) is 41.5 Å². The lowest BCUT2D eigenvalue weighted by atomic mass is 9.66. The van der Waals surface area contributed by atoms with Crippen molar-refractivity contribution in [2.75, 3.05) is 0 Å². The first-order valence-corrected chi connectivity index (χ1v) is 14.2. The number of ether oxygens (including phenoxy) is 2. The molecule has 0 heterocycles. The molecular formula is C30H46O5. The first-order chi connectivity index (χ1) is 16.6. The minimum atomic E-state index is -0.514. The number of hydrogen-bond donors (Lipinski definition) is 0. The molecule has 0 aromatic carbocycles. The third-order valence-corrected chi connectivity index (χ3v) is 9.57. The third kappa shape index (κ3) is 5.54. The molecule has 0 saturated heterocycles. The largest absolute Gasteiger partial charge is 0.459 e. The predicted octanol–water partition coefficient (Wildman–Crippen LogP) is 6.29. The molecular weight excluding hydrogens is 440 g/mol. The molecule has 5 nitrogen and oxygen atoms in total. The normalized spacial score (nSPS) is 37.7. The molecule has 5 aliphatic rings. The number of Topliss-reactive ketones (excluding diaryl/α,β-unsaturated/α-hetero) is 1. The van der Waals surface area contributed by atoms with Crippen molar-refractivity contribution in [3.05, 3.63) is 11.1 Å². The molecule has 2 bridgehead atoms. The summed E-state index contributed by atoms with van der Waals surface area (Å²) in [6.07, 6.45) is 7.59. The quantitative estimate of drug-likeness (QED) is 0.413. The number of esters is 2. The SMILES string of the molecule is CC(C)[C@@H]1CC[C@@H](C)C[C@H]1OC(=O)C1=C(C(=O)O[C@@H]2C[C@H](C)CC[C@H]2C(C)C)C2CCC1CC2=O. The van der Waals surface area contributed by atoms with Crippen LogP contribution in [0, 0.1) is 47.3 Å². The molecule has 5 heteroatoms. The third-order valence-electron chi connectivity index (χ3n) is 9.57.